The zero-order valence-electron chi connectivity index (χ0n) is 12.8. The van der Waals surface area contributed by atoms with Crippen LogP contribution in [0.1, 0.15) is 112 Å². The monoisotopic (exact) mass is 256 g/mol. The van der Waals surface area contributed by atoms with Crippen LogP contribution in [0.25, 0.3) is 0 Å². The normalized spacial score (nSPS) is 10.7. The largest absolute Gasteiger partial charge is 0.0776 e. The summed E-state index contributed by atoms with van der Waals surface area (Å²) in [7, 11) is 0. The fourth-order valence-corrected chi connectivity index (χ4v) is 2.39. The molecule has 0 aromatic rings. The van der Waals surface area contributed by atoms with Crippen molar-refractivity contribution in [1.29, 1.82) is 0 Å². The molecule has 0 amide bonds. The third-order valence-electron chi connectivity index (χ3n) is 3.64. The molecule has 0 heterocycles. The van der Waals surface area contributed by atoms with Gasteiger partial charge >= 0.3 is 0 Å². The first-order chi connectivity index (χ1) is 8.27. The Labute approximate surface area is 118 Å². The molecule has 0 saturated carbocycles. The van der Waals surface area contributed by atoms with Crippen LogP contribution >= 0.6 is 0 Å². The standard InChI is InChI=1S/C17H36.CH4/c1-4-5-6-7-8-9-10-11-12-13-14-15-16-17(2)3;/h17H,4-16H2,1-3H3;1H4. The predicted octanol–water partition coefficient (Wildman–Crippen LogP) is 7.37. The van der Waals surface area contributed by atoms with Crippen LogP contribution in [0.2, 0.25) is 0 Å². The van der Waals surface area contributed by atoms with Crippen molar-refractivity contribution in [2.45, 2.75) is 112 Å². The van der Waals surface area contributed by atoms with Crippen LogP contribution in [0.5, 0.6) is 0 Å². The molecule has 0 aliphatic carbocycles. The first kappa shape index (κ1) is 20.3. The zero-order valence-corrected chi connectivity index (χ0v) is 12.8. The first-order valence-electron chi connectivity index (χ1n) is 8.27. The quantitative estimate of drug-likeness (QED) is 0.302. The molecule has 0 heteroatoms. The van der Waals surface area contributed by atoms with E-state index >= 15 is 0 Å². The van der Waals surface area contributed by atoms with Crippen LogP contribution in [0.3, 0.4) is 0 Å². The minimum absolute atomic E-state index is 0. The van der Waals surface area contributed by atoms with E-state index in [1.54, 1.807) is 0 Å². The minimum Gasteiger partial charge on any atom is -0.0776 e. The van der Waals surface area contributed by atoms with Gasteiger partial charge in [-0.2, -0.15) is 0 Å². The van der Waals surface area contributed by atoms with Gasteiger partial charge in [-0.05, 0) is 5.92 Å². The van der Waals surface area contributed by atoms with Crippen molar-refractivity contribution in [3.63, 3.8) is 0 Å². The molecule has 0 aliphatic rings. The fraction of sp³-hybridized carbons (Fsp3) is 1.00. The maximum atomic E-state index is 2.33. The molecular weight excluding hydrogens is 216 g/mol. The highest BCUT2D eigenvalue weighted by Crippen LogP contribution is 2.13. The molecule has 0 nitrogen and oxygen atoms in total. The van der Waals surface area contributed by atoms with Crippen LogP contribution in [-0.4, -0.2) is 0 Å². The van der Waals surface area contributed by atoms with E-state index in [2.05, 4.69) is 20.8 Å². The molecule has 0 N–H and O–H groups in total. The Bertz CT molecular complexity index is 126. The van der Waals surface area contributed by atoms with E-state index in [9.17, 15) is 0 Å². The predicted molar refractivity (Wildman–Crippen MR) is 87.3 cm³/mol. The number of hydrogen-bond donors (Lipinski definition) is 0. The van der Waals surface area contributed by atoms with E-state index in [1.165, 1.54) is 83.5 Å². The lowest BCUT2D eigenvalue weighted by Crippen LogP contribution is -1.87. The highest BCUT2D eigenvalue weighted by molar-refractivity contribution is 4.50. The molecule has 0 aliphatic heterocycles. The lowest BCUT2D eigenvalue weighted by Gasteiger charge is -2.04. The molecular formula is C18H40. The average Bonchev–Trinajstić information content (AvgIpc) is 2.30. The van der Waals surface area contributed by atoms with Crippen molar-refractivity contribution in [1.82, 2.24) is 0 Å². The van der Waals surface area contributed by atoms with Gasteiger partial charge in [0, 0.05) is 0 Å². The summed E-state index contributed by atoms with van der Waals surface area (Å²) in [6.45, 7) is 6.95. The maximum absolute atomic E-state index is 2.33. The Morgan fingerprint density at radius 2 is 0.889 bits per heavy atom. The Hall–Kier alpha value is 0. The third kappa shape index (κ3) is 18.4. The van der Waals surface area contributed by atoms with Gasteiger partial charge in [-0.15, -0.1) is 0 Å². The van der Waals surface area contributed by atoms with Gasteiger partial charge in [0.05, 0.1) is 0 Å². The van der Waals surface area contributed by atoms with Crippen LogP contribution in [0, 0.1) is 5.92 Å². The molecule has 0 atom stereocenters. The van der Waals surface area contributed by atoms with Crippen LogP contribution in [-0.2, 0) is 0 Å². The van der Waals surface area contributed by atoms with Crippen molar-refractivity contribution in [3.05, 3.63) is 0 Å². The van der Waals surface area contributed by atoms with Crippen molar-refractivity contribution in [3.8, 4) is 0 Å². The van der Waals surface area contributed by atoms with Gasteiger partial charge in [0.2, 0.25) is 0 Å². The molecule has 0 spiro atoms. The highest BCUT2D eigenvalue weighted by atomic mass is 14.0. The van der Waals surface area contributed by atoms with Crippen molar-refractivity contribution < 1.29 is 0 Å². The topological polar surface area (TPSA) is 0 Å². The summed E-state index contributed by atoms with van der Waals surface area (Å²) in [5, 5.41) is 0. The SMILES string of the molecule is C.CCCCCCCCCCCCCCC(C)C. The number of rotatable bonds is 13. The van der Waals surface area contributed by atoms with Gasteiger partial charge in [-0.3, -0.25) is 0 Å². The molecule has 18 heavy (non-hydrogen) atoms. The lowest BCUT2D eigenvalue weighted by atomic mass is 10.0. The molecule has 0 rings (SSSR count). The lowest BCUT2D eigenvalue weighted by molar-refractivity contribution is 0.503. The average molecular weight is 257 g/mol. The van der Waals surface area contributed by atoms with Gasteiger partial charge < -0.3 is 0 Å². The summed E-state index contributed by atoms with van der Waals surface area (Å²) in [4.78, 5) is 0. The van der Waals surface area contributed by atoms with Crippen molar-refractivity contribution >= 4 is 0 Å². The molecule has 0 bridgehead atoms. The van der Waals surface area contributed by atoms with Crippen molar-refractivity contribution in [2.75, 3.05) is 0 Å². The summed E-state index contributed by atoms with van der Waals surface area (Å²) in [6.07, 6.45) is 19.0. The second kappa shape index (κ2) is 17.0. The molecule has 0 aromatic carbocycles. The van der Waals surface area contributed by atoms with E-state index in [0.29, 0.717) is 0 Å². The Morgan fingerprint density at radius 3 is 1.22 bits per heavy atom. The smallest absolute Gasteiger partial charge is 0.0471 e. The van der Waals surface area contributed by atoms with E-state index in [4.69, 9.17) is 0 Å². The molecule has 0 fully saturated rings. The summed E-state index contributed by atoms with van der Waals surface area (Å²) in [6, 6.07) is 0. The maximum Gasteiger partial charge on any atom is -0.0471 e. The summed E-state index contributed by atoms with van der Waals surface area (Å²) in [5.74, 6) is 0.901. The number of unbranched alkanes of at least 4 members (excludes halogenated alkanes) is 11. The third-order valence-corrected chi connectivity index (χ3v) is 3.64. The second-order valence-electron chi connectivity index (χ2n) is 6.07. The fourth-order valence-electron chi connectivity index (χ4n) is 2.39. The minimum atomic E-state index is 0. The van der Waals surface area contributed by atoms with Gasteiger partial charge in [-0.1, -0.05) is 112 Å². The molecule has 112 valence electrons. The van der Waals surface area contributed by atoms with Gasteiger partial charge in [0.1, 0.15) is 0 Å². The molecule has 0 unspecified atom stereocenters. The van der Waals surface area contributed by atoms with E-state index in [0.717, 1.165) is 5.92 Å². The Morgan fingerprint density at radius 1 is 0.556 bits per heavy atom. The Balaban J connectivity index is 0. The van der Waals surface area contributed by atoms with Crippen LogP contribution < -0.4 is 0 Å². The molecule has 0 saturated heterocycles. The molecule has 0 radical (unpaired) electrons. The first-order valence-corrected chi connectivity index (χ1v) is 8.27. The highest BCUT2D eigenvalue weighted by Gasteiger charge is 1.95. The van der Waals surface area contributed by atoms with Crippen LogP contribution in [0.4, 0.5) is 0 Å². The second-order valence-corrected chi connectivity index (χ2v) is 6.07. The van der Waals surface area contributed by atoms with Crippen molar-refractivity contribution in [2.24, 2.45) is 5.92 Å². The molecule has 0 aromatic heterocycles. The summed E-state index contributed by atoms with van der Waals surface area (Å²) < 4.78 is 0. The summed E-state index contributed by atoms with van der Waals surface area (Å²) in [5.41, 5.74) is 0. The zero-order chi connectivity index (χ0) is 12.8. The van der Waals surface area contributed by atoms with Gasteiger partial charge in [-0.25, -0.2) is 0 Å². The summed E-state index contributed by atoms with van der Waals surface area (Å²) >= 11 is 0. The van der Waals surface area contributed by atoms with Gasteiger partial charge in [0.15, 0.2) is 0 Å². The van der Waals surface area contributed by atoms with E-state index in [1.807, 2.05) is 0 Å². The number of hydrogen-bond acceptors (Lipinski definition) is 0. The van der Waals surface area contributed by atoms with Crippen LogP contribution in [0.15, 0.2) is 0 Å². The van der Waals surface area contributed by atoms with Gasteiger partial charge in [0.25, 0.3) is 0 Å². The Kier molecular flexibility index (Phi) is 19.2. The van der Waals surface area contributed by atoms with E-state index < -0.39 is 0 Å². The van der Waals surface area contributed by atoms with E-state index in [-0.39, 0.29) is 7.43 Å².